The SMILES string of the molecule is CN1CC2(CCN(C(=O)c3cnc(NC4(c5cncnc5)CC4)nc3)CC2)OC1=O. The number of carbonyl (C=O) groups excluding carboxylic acids is 2. The van der Waals surface area contributed by atoms with Crippen LogP contribution in [0.3, 0.4) is 0 Å². The standard InChI is InChI=1S/C20H23N7O3/c1-26-12-19(30-18(26)29)4-6-27(7-5-19)16(28)14-8-23-17(24-9-14)25-20(2-3-20)15-10-21-13-22-11-15/h8-11,13H,2-7,12H2,1H3,(H,23,24,25). The minimum Gasteiger partial charge on any atom is -0.441 e. The van der Waals surface area contributed by atoms with Gasteiger partial charge in [-0.1, -0.05) is 0 Å². The van der Waals surface area contributed by atoms with E-state index in [-0.39, 0.29) is 17.5 Å². The molecule has 0 bridgehead atoms. The molecule has 2 aliphatic heterocycles. The van der Waals surface area contributed by atoms with Gasteiger partial charge < -0.3 is 19.9 Å². The number of piperidine rings is 1. The molecule has 30 heavy (non-hydrogen) atoms. The van der Waals surface area contributed by atoms with Gasteiger partial charge in [-0.15, -0.1) is 0 Å². The molecule has 3 aliphatic rings. The summed E-state index contributed by atoms with van der Waals surface area (Å²) in [5.41, 5.74) is 0.770. The summed E-state index contributed by atoms with van der Waals surface area (Å²) in [5, 5.41) is 3.35. The average molecular weight is 409 g/mol. The van der Waals surface area contributed by atoms with Crippen LogP contribution in [0.4, 0.5) is 10.7 Å². The molecule has 1 aliphatic carbocycles. The molecule has 2 aromatic heterocycles. The van der Waals surface area contributed by atoms with E-state index in [4.69, 9.17) is 4.74 Å². The zero-order valence-electron chi connectivity index (χ0n) is 16.7. The maximum absolute atomic E-state index is 12.9. The van der Waals surface area contributed by atoms with Gasteiger partial charge in [0.2, 0.25) is 5.95 Å². The van der Waals surface area contributed by atoms with Crippen molar-refractivity contribution in [1.29, 1.82) is 0 Å². The monoisotopic (exact) mass is 409 g/mol. The first-order valence-corrected chi connectivity index (χ1v) is 10.1. The Balaban J connectivity index is 1.21. The number of hydrogen-bond acceptors (Lipinski definition) is 8. The van der Waals surface area contributed by atoms with Gasteiger partial charge in [0.05, 0.1) is 17.6 Å². The number of likely N-dealkylation sites (tertiary alicyclic amines) is 1. The Labute approximate surface area is 173 Å². The number of aromatic nitrogens is 4. The third-order valence-corrected chi connectivity index (χ3v) is 6.22. The summed E-state index contributed by atoms with van der Waals surface area (Å²) in [6.45, 7) is 1.65. The topological polar surface area (TPSA) is 113 Å². The van der Waals surface area contributed by atoms with E-state index in [1.165, 1.54) is 6.33 Å². The van der Waals surface area contributed by atoms with Gasteiger partial charge in [0.25, 0.3) is 5.91 Å². The molecule has 1 spiro atoms. The van der Waals surface area contributed by atoms with Gasteiger partial charge in [0, 0.05) is 63.3 Å². The maximum Gasteiger partial charge on any atom is 0.410 e. The summed E-state index contributed by atoms with van der Waals surface area (Å²) in [4.78, 5) is 44.8. The van der Waals surface area contributed by atoms with Crippen LogP contribution in [0.15, 0.2) is 31.1 Å². The number of nitrogens with one attached hydrogen (secondary N) is 1. The molecule has 10 heteroatoms. The van der Waals surface area contributed by atoms with Gasteiger partial charge in [-0.25, -0.2) is 24.7 Å². The van der Waals surface area contributed by atoms with Gasteiger partial charge in [0.15, 0.2) is 0 Å². The first-order valence-electron chi connectivity index (χ1n) is 10.1. The van der Waals surface area contributed by atoms with E-state index in [1.807, 2.05) is 0 Å². The number of carbonyl (C=O) groups is 2. The molecule has 156 valence electrons. The zero-order chi connectivity index (χ0) is 20.8. The van der Waals surface area contributed by atoms with Gasteiger partial charge in [-0.05, 0) is 12.8 Å². The molecule has 10 nitrogen and oxygen atoms in total. The molecule has 1 N–H and O–H groups in total. The Morgan fingerprint density at radius 2 is 1.73 bits per heavy atom. The van der Waals surface area contributed by atoms with Crippen LogP contribution in [0.5, 0.6) is 0 Å². The highest BCUT2D eigenvalue weighted by molar-refractivity contribution is 5.93. The zero-order valence-corrected chi connectivity index (χ0v) is 16.7. The van der Waals surface area contributed by atoms with E-state index in [9.17, 15) is 9.59 Å². The van der Waals surface area contributed by atoms with E-state index >= 15 is 0 Å². The molecule has 1 saturated carbocycles. The van der Waals surface area contributed by atoms with Gasteiger partial charge in [-0.2, -0.15) is 0 Å². The molecule has 2 amide bonds. The highest BCUT2D eigenvalue weighted by Gasteiger charge is 2.47. The quantitative estimate of drug-likeness (QED) is 0.807. The summed E-state index contributed by atoms with van der Waals surface area (Å²) >= 11 is 0. The van der Waals surface area contributed by atoms with Crippen molar-refractivity contribution in [1.82, 2.24) is 29.7 Å². The third kappa shape index (κ3) is 3.31. The van der Waals surface area contributed by atoms with Crippen molar-refractivity contribution < 1.29 is 14.3 Å². The highest BCUT2D eigenvalue weighted by Crippen LogP contribution is 2.47. The fraction of sp³-hybridized carbons (Fsp3) is 0.500. The van der Waals surface area contributed by atoms with Crippen molar-refractivity contribution in [2.24, 2.45) is 0 Å². The van der Waals surface area contributed by atoms with Crippen molar-refractivity contribution in [3.05, 3.63) is 42.2 Å². The molecule has 0 unspecified atom stereocenters. The first-order chi connectivity index (χ1) is 14.5. The summed E-state index contributed by atoms with van der Waals surface area (Å²) in [7, 11) is 1.73. The molecule has 2 aromatic rings. The summed E-state index contributed by atoms with van der Waals surface area (Å²) in [6.07, 6.45) is 11.1. The van der Waals surface area contributed by atoms with Crippen LogP contribution in [-0.2, 0) is 10.3 Å². The average Bonchev–Trinajstić information content (AvgIpc) is 3.50. The van der Waals surface area contributed by atoms with Crippen LogP contribution in [0.25, 0.3) is 0 Å². The van der Waals surface area contributed by atoms with E-state index < -0.39 is 5.60 Å². The number of hydrogen-bond donors (Lipinski definition) is 1. The minimum absolute atomic E-state index is 0.105. The third-order valence-electron chi connectivity index (χ3n) is 6.22. The van der Waals surface area contributed by atoms with Crippen LogP contribution < -0.4 is 5.32 Å². The van der Waals surface area contributed by atoms with Crippen LogP contribution >= 0.6 is 0 Å². The second-order valence-corrected chi connectivity index (χ2v) is 8.33. The smallest absolute Gasteiger partial charge is 0.410 e. The Bertz CT molecular complexity index is 954. The highest BCUT2D eigenvalue weighted by atomic mass is 16.6. The summed E-state index contributed by atoms with van der Waals surface area (Å²) in [5.74, 6) is 0.373. The number of nitrogens with zero attached hydrogens (tertiary/aromatic N) is 6. The van der Waals surface area contributed by atoms with E-state index in [1.54, 1.807) is 41.6 Å². The summed E-state index contributed by atoms with van der Waals surface area (Å²) in [6, 6.07) is 0. The van der Waals surface area contributed by atoms with Crippen LogP contribution in [0.1, 0.15) is 41.6 Å². The number of amides is 2. The lowest BCUT2D eigenvalue weighted by atomic mass is 9.91. The van der Waals surface area contributed by atoms with E-state index in [0.717, 1.165) is 18.4 Å². The van der Waals surface area contributed by atoms with Crippen molar-refractivity contribution in [3.63, 3.8) is 0 Å². The molecule has 0 radical (unpaired) electrons. The van der Waals surface area contributed by atoms with Crippen molar-refractivity contribution in [2.75, 3.05) is 32.0 Å². The van der Waals surface area contributed by atoms with Crippen molar-refractivity contribution in [3.8, 4) is 0 Å². The summed E-state index contributed by atoms with van der Waals surface area (Å²) < 4.78 is 5.55. The number of anilines is 1. The molecule has 0 aromatic carbocycles. The molecule has 2 saturated heterocycles. The Hall–Kier alpha value is -3.30. The second kappa shape index (κ2) is 6.89. The predicted octanol–water partition coefficient (Wildman–Crippen LogP) is 1.42. The lowest BCUT2D eigenvalue weighted by Crippen LogP contribution is -2.48. The molecular weight excluding hydrogens is 386 g/mol. The van der Waals surface area contributed by atoms with Crippen LogP contribution in [0.2, 0.25) is 0 Å². The van der Waals surface area contributed by atoms with Gasteiger partial charge in [-0.3, -0.25) is 4.79 Å². The van der Waals surface area contributed by atoms with Crippen LogP contribution in [-0.4, -0.2) is 74.0 Å². The fourth-order valence-electron chi connectivity index (χ4n) is 4.23. The number of rotatable bonds is 4. The Kier molecular flexibility index (Phi) is 4.30. The maximum atomic E-state index is 12.9. The largest absolute Gasteiger partial charge is 0.441 e. The first kappa shape index (κ1) is 18.7. The lowest BCUT2D eigenvalue weighted by molar-refractivity contribution is 0.00315. The van der Waals surface area contributed by atoms with Gasteiger partial charge >= 0.3 is 6.09 Å². The molecule has 4 heterocycles. The normalized spacial score (nSPS) is 21.4. The van der Waals surface area contributed by atoms with E-state index in [0.29, 0.717) is 44.0 Å². The molecule has 5 rings (SSSR count). The van der Waals surface area contributed by atoms with Gasteiger partial charge in [0.1, 0.15) is 11.9 Å². The Morgan fingerprint density at radius 3 is 2.30 bits per heavy atom. The fourth-order valence-corrected chi connectivity index (χ4v) is 4.23. The number of likely N-dealkylation sites (N-methyl/N-ethyl adjacent to an activating group) is 1. The van der Waals surface area contributed by atoms with Crippen LogP contribution in [0, 0.1) is 0 Å². The lowest BCUT2D eigenvalue weighted by Gasteiger charge is -2.37. The minimum atomic E-state index is -0.466. The molecule has 0 atom stereocenters. The molecule has 3 fully saturated rings. The van der Waals surface area contributed by atoms with Crippen molar-refractivity contribution in [2.45, 2.75) is 36.8 Å². The van der Waals surface area contributed by atoms with E-state index in [2.05, 4.69) is 25.3 Å². The second-order valence-electron chi connectivity index (χ2n) is 8.33. The Morgan fingerprint density at radius 1 is 1.07 bits per heavy atom. The van der Waals surface area contributed by atoms with Crippen molar-refractivity contribution >= 4 is 17.9 Å². The number of ether oxygens (including phenoxy) is 1. The predicted molar refractivity (Wildman–Crippen MR) is 106 cm³/mol. The molecular formula is C20H23N7O3.